The molecule has 0 aromatic rings. The predicted octanol–water partition coefficient (Wildman–Crippen LogP) is 5.07. The van der Waals surface area contributed by atoms with Crippen molar-refractivity contribution in [2.75, 3.05) is 6.61 Å². The summed E-state index contributed by atoms with van der Waals surface area (Å²) < 4.78 is 0. The number of nitrogens with zero attached hydrogens (tertiary/aromatic N) is 1. The van der Waals surface area contributed by atoms with Crippen LogP contribution in [0.1, 0.15) is 110 Å². The van der Waals surface area contributed by atoms with E-state index in [4.69, 9.17) is 10.6 Å². The zero-order chi connectivity index (χ0) is 19.3. The van der Waals surface area contributed by atoms with Gasteiger partial charge in [0, 0.05) is 0 Å². The van der Waals surface area contributed by atoms with E-state index >= 15 is 0 Å². The Morgan fingerprint density at radius 3 is 1.69 bits per heavy atom. The van der Waals surface area contributed by atoms with Gasteiger partial charge in [0.1, 0.15) is 6.23 Å². The van der Waals surface area contributed by atoms with Crippen molar-refractivity contribution in [1.82, 2.24) is 5.48 Å². The number of nitrogens with one attached hydrogen (secondary N) is 1. The fourth-order valence-electron chi connectivity index (χ4n) is 3.14. The summed E-state index contributed by atoms with van der Waals surface area (Å²) in [5.41, 5.74) is 8.48. The molecule has 156 valence electrons. The average Bonchev–Trinajstić information content (AvgIpc) is 2.63. The minimum absolute atomic E-state index is 0.0109. The molecule has 0 rings (SSSR count). The number of aliphatic hydroxyl groups is 1. The van der Waals surface area contributed by atoms with Gasteiger partial charge in [-0.15, -0.1) is 0 Å². The summed E-state index contributed by atoms with van der Waals surface area (Å²) in [4.78, 5) is 9.15. The number of unbranched alkanes of at least 4 members (excludes halogenated alkanes) is 12. The highest BCUT2D eigenvalue weighted by atomic mass is 16.7. The van der Waals surface area contributed by atoms with Crippen LogP contribution in [-0.4, -0.2) is 30.3 Å². The van der Waals surface area contributed by atoms with E-state index in [9.17, 15) is 5.11 Å². The number of hydrogen-bond donors (Lipinski definition) is 3. The quantitative estimate of drug-likeness (QED) is 0.121. The largest absolute Gasteiger partial charge is 0.377 e. The number of hydrogen-bond acceptors (Lipinski definition) is 5. The Labute approximate surface area is 162 Å². The standard InChI is InChI=1S/C21H45N3O2/c1-3-23-20(22)18-16-14-12-10-8-6-5-7-9-11-13-15-17-19-21(25)24-26-4-2/h3,20-21,24-25H,4-19,22H2,1-2H3. The SMILES string of the molecule is CC=NC(N)CCCCCCCCCCCCCCCC(O)NOCC. The maximum Gasteiger partial charge on any atom is 0.127 e. The lowest BCUT2D eigenvalue weighted by molar-refractivity contribution is -0.0555. The number of aliphatic hydroxyl groups excluding tert-OH is 1. The van der Waals surface area contributed by atoms with Crippen molar-refractivity contribution in [2.24, 2.45) is 10.7 Å². The normalized spacial score (nSPS) is 14.2. The highest BCUT2D eigenvalue weighted by Crippen LogP contribution is 2.14. The van der Waals surface area contributed by atoms with Crippen molar-refractivity contribution < 1.29 is 9.94 Å². The molecule has 0 saturated carbocycles. The van der Waals surface area contributed by atoms with Crippen molar-refractivity contribution >= 4 is 6.21 Å². The smallest absolute Gasteiger partial charge is 0.127 e. The lowest BCUT2D eigenvalue weighted by Gasteiger charge is -2.11. The summed E-state index contributed by atoms with van der Waals surface area (Å²) in [5, 5.41) is 9.57. The topological polar surface area (TPSA) is 79.9 Å². The minimum atomic E-state index is -0.517. The van der Waals surface area contributed by atoms with Crippen molar-refractivity contribution in [3.63, 3.8) is 0 Å². The maximum atomic E-state index is 9.57. The highest BCUT2D eigenvalue weighted by molar-refractivity contribution is 5.53. The Hall–Kier alpha value is -0.490. The van der Waals surface area contributed by atoms with E-state index in [0.29, 0.717) is 6.61 Å². The van der Waals surface area contributed by atoms with Gasteiger partial charge in [-0.05, 0) is 45.7 Å². The molecule has 5 heteroatoms. The molecule has 0 aliphatic rings. The molecule has 0 aromatic carbocycles. The molecule has 2 unspecified atom stereocenters. The van der Waals surface area contributed by atoms with Gasteiger partial charge in [0.15, 0.2) is 0 Å². The lowest BCUT2D eigenvalue weighted by Crippen LogP contribution is -2.28. The van der Waals surface area contributed by atoms with Gasteiger partial charge >= 0.3 is 0 Å². The zero-order valence-corrected chi connectivity index (χ0v) is 17.4. The monoisotopic (exact) mass is 371 g/mol. The van der Waals surface area contributed by atoms with Gasteiger partial charge in [0.25, 0.3) is 0 Å². The Kier molecular flexibility index (Phi) is 20.4. The molecule has 0 aliphatic heterocycles. The van der Waals surface area contributed by atoms with E-state index < -0.39 is 6.23 Å². The molecule has 0 radical (unpaired) electrons. The van der Waals surface area contributed by atoms with Crippen molar-refractivity contribution in [3.8, 4) is 0 Å². The minimum Gasteiger partial charge on any atom is -0.377 e. The van der Waals surface area contributed by atoms with Gasteiger partial charge in [-0.1, -0.05) is 70.6 Å². The van der Waals surface area contributed by atoms with Crippen LogP contribution in [-0.2, 0) is 4.84 Å². The summed E-state index contributed by atoms with van der Waals surface area (Å²) in [6.07, 6.45) is 20.1. The van der Waals surface area contributed by atoms with E-state index in [-0.39, 0.29) is 6.17 Å². The number of nitrogens with two attached hydrogens (primary N) is 1. The zero-order valence-electron chi connectivity index (χ0n) is 17.4. The number of rotatable bonds is 20. The molecule has 0 aromatic heterocycles. The van der Waals surface area contributed by atoms with E-state index in [1.54, 1.807) is 6.21 Å². The third-order valence-electron chi connectivity index (χ3n) is 4.68. The second kappa shape index (κ2) is 20.8. The van der Waals surface area contributed by atoms with Crippen LogP contribution in [0.3, 0.4) is 0 Å². The van der Waals surface area contributed by atoms with E-state index in [1.807, 2.05) is 13.8 Å². The highest BCUT2D eigenvalue weighted by Gasteiger charge is 2.02. The molecule has 0 spiro atoms. The molecule has 2 atom stereocenters. The van der Waals surface area contributed by atoms with Crippen LogP contribution in [0.2, 0.25) is 0 Å². The fraction of sp³-hybridized carbons (Fsp3) is 0.952. The van der Waals surface area contributed by atoms with Crippen LogP contribution in [0.4, 0.5) is 0 Å². The molecular formula is C21H45N3O2. The Balaban J connectivity index is 3.11. The van der Waals surface area contributed by atoms with E-state index in [0.717, 1.165) is 19.3 Å². The summed E-state index contributed by atoms with van der Waals surface area (Å²) >= 11 is 0. The number of aliphatic imine (C=N–C) groups is 1. The Morgan fingerprint density at radius 2 is 1.27 bits per heavy atom. The molecule has 0 saturated heterocycles. The van der Waals surface area contributed by atoms with Crippen molar-refractivity contribution in [1.29, 1.82) is 0 Å². The molecule has 0 bridgehead atoms. The first-order valence-corrected chi connectivity index (χ1v) is 11.0. The van der Waals surface area contributed by atoms with Crippen LogP contribution < -0.4 is 11.2 Å². The molecule has 4 N–H and O–H groups in total. The molecule has 5 nitrogen and oxygen atoms in total. The third-order valence-corrected chi connectivity index (χ3v) is 4.68. The van der Waals surface area contributed by atoms with Crippen molar-refractivity contribution in [2.45, 2.75) is 123 Å². The summed E-state index contributed by atoms with van der Waals surface area (Å²) in [7, 11) is 0. The molecule has 0 amide bonds. The number of hydroxylamine groups is 1. The summed E-state index contributed by atoms with van der Waals surface area (Å²) in [6, 6.07) is 0. The Bertz CT molecular complexity index is 301. The van der Waals surface area contributed by atoms with Crippen LogP contribution in [0.15, 0.2) is 4.99 Å². The fourth-order valence-corrected chi connectivity index (χ4v) is 3.14. The first kappa shape index (κ1) is 25.5. The van der Waals surface area contributed by atoms with Crippen LogP contribution in [0.25, 0.3) is 0 Å². The first-order chi connectivity index (χ1) is 12.7. The maximum absolute atomic E-state index is 9.57. The van der Waals surface area contributed by atoms with E-state index in [1.165, 1.54) is 77.0 Å². The van der Waals surface area contributed by atoms with Gasteiger partial charge < -0.3 is 10.8 Å². The lowest BCUT2D eigenvalue weighted by atomic mass is 10.0. The second-order valence-electron chi connectivity index (χ2n) is 7.21. The molecular weight excluding hydrogens is 326 g/mol. The molecule has 0 heterocycles. The third kappa shape index (κ3) is 19.8. The average molecular weight is 372 g/mol. The van der Waals surface area contributed by atoms with Crippen LogP contribution in [0, 0.1) is 0 Å². The summed E-state index contributed by atoms with van der Waals surface area (Å²) in [5.74, 6) is 0. The van der Waals surface area contributed by atoms with Gasteiger partial charge in [-0.2, -0.15) is 5.48 Å². The predicted molar refractivity (Wildman–Crippen MR) is 112 cm³/mol. The molecule has 0 aliphatic carbocycles. The molecule has 26 heavy (non-hydrogen) atoms. The van der Waals surface area contributed by atoms with Crippen LogP contribution in [0.5, 0.6) is 0 Å². The van der Waals surface area contributed by atoms with Gasteiger partial charge in [-0.3, -0.25) is 9.83 Å². The van der Waals surface area contributed by atoms with Gasteiger partial charge in [0.2, 0.25) is 0 Å². The summed E-state index contributed by atoms with van der Waals surface area (Å²) in [6.45, 7) is 4.41. The van der Waals surface area contributed by atoms with E-state index in [2.05, 4.69) is 10.5 Å². The van der Waals surface area contributed by atoms with Crippen molar-refractivity contribution in [3.05, 3.63) is 0 Å². The second-order valence-corrected chi connectivity index (χ2v) is 7.21. The first-order valence-electron chi connectivity index (χ1n) is 11.0. The van der Waals surface area contributed by atoms with Gasteiger partial charge in [0.05, 0.1) is 12.8 Å². The Morgan fingerprint density at radius 1 is 0.846 bits per heavy atom. The van der Waals surface area contributed by atoms with Gasteiger partial charge in [-0.25, -0.2) is 0 Å². The van der Waals surface area contributed by atoms with Crippen LogP contribution >= 0.6 is 0 Å². The molecule has 0 fully saturated rings.